The third kappa shape index (κ3) is 5.56. The smallest absolute Gasteiger partial charge is 0.0108 e. The van der Waals surface area contributed by atoms with E-state index in [0.29, 0.717) is 5.41 Å². The van der Waals surface area contributed by atoms with Gasteiger partial charge in [0.25, 0.3) is 0 Å². The van der Waals surface area contributed by atoms with E-state index in [9.17, 15) is 0 Å². The SMILES string of the molecule is CCCCN(CC1CC(C)(C)CCC1NCCC)C1CC1. The molecule has 2 nitrogen and oxygen atoms in total. The summed E-state index contributed by atoms with van der Waals surface area (Å²) >= 11 is 0. The van der Waals surface area contributed by atoms with Gasteiger partial charge in [0, 0.05) is 18.6 Å². The van der Waals surface area contributed by atoms with Gasteiger partial charge in [-0.25, -0.2) is 0 Å². The molecule has 0 radical (unpaired) electrons. The first-order valence-electron chi connectivity index (χ1n) is 9.53. The number of unbranched alkanes of at least 4 members (excludes halogenated alkanes) is 1. The molecule has 2 heteroatoms. The van der Waals surface area contributed by atoms with Crippen molar-refractivity contribution < 1.29 is 0 Å². The van der Waals surface area contributed by atoms with Crippen molar-refractivity contribution in [1.82, 2.24) is 10.2 Å². The van der Waals surface area contributed by atoms with E-state index in [1.165, 1.54) is 71.0 Å². The summed E-state index contributed by atoms with van der Waals surface area (Å²) in [6.45, 7) is 13.4. The molecule has 124 valence electrons. The Hall–Kier alpha value is -0.0800. The first kappa shape index (κ1) is 17.3. The number of nitrogens with one attached hydrogen (secondary N) is 1. The van der Waals surface area contributed by atoms with Crippen LogP contribution in [-0.2, 0) is 0 Å². The van der Waals surface area contributed by atoms with Crippen molar-refractivity contribution in [2.45, 2.75) is 91.1 Å². The Morgan fingerprint density at radius 1 is 1.10 bits per heavy atom. The minimum Gasteiger partial charge on any atom is -0.314 e. The lowest BCUT2D eigenvalue weighted by molar-refractivity contribution is 0.0960. The molecule has 2 aliphatic carbocycles. The molecule has 21 heavy (non-hydrogen) atoms. The van der Waals surface area contributed by atoms with E-state index in [-0.39, 0.29) is 0 Å². The van der Waals surface area contributed by atoms with Gasteiger partial charge in [0.1, 0.15) is 0 Å². The van der Waals surface area contributed by atoms with Crippen LogP contribution in [0.4, 0.5) is 0 Å². The molecule has 0 aromatic rings. The van der Waals surface area contributed by atoms with Gasteiger partial charge in [0.15, 0.2) is 0 Å². The molecule has 0 bridgehead atoms. The highest BCUT2D eigenvalue weighted by Crippen LogP contribution is 2.40. The zero-order valence-electron chi connectivity index (χ0n) is 15.0. The molecule has 2 unspecified atom stereocenters. The Kier molecular flexibility index (Phi) is 6.55. The lowest BCUT2D eigenvalue weighted by atomic mass is 9.69. The van der Waals surface area contributed by atoms with Crippen LogP contribution in [0.3, 0.4) is 0 Å². The molecule has 0 spiro atoms. The van der Waals surface area contributed by atoms with Gasteiger partial charge in [0.05, 0.1) is 0 Å². The summed E-state index contributed by atoms with van der Waals surface area (Å²) in [7, 11) is 0. The summed E-state index contributed by atoms with van der Waals surface area (Å²) in [5, 5.41) is 3.85. The van der Waals surface area contributed by atoms with E-state index >= 15 is 0 Å². The molecule has 2 rings (SSSR count). The van der Waals surface area contributed by atoms with Crippen molar-refractivity contribution in [3.05, 3.63) is 0 Å². The molecule has 0 amide bonds. The third-order valence-electron chi connectivity index (χ3n) is 5.50. The molecule has 0 aliphatic heterocycles. The van der Waals surface area contributed by atoms with Crippen LogP contribution in [0.25, 0.3) is 0 Å². The molecule has 2 atom stereocenters. The molecule has 0 aromatic heterocycles. The first-order chi connectivity index (χ1) is 10.1. The Morgan fingerprint density at radius 3 is 2.48 bits per heavy atom. The van der Waals surface area contributed by atoms with Crippen molar-refractivity contribution in [3.63, 3.8) is 0 Å². The highest BCUT2D eigenvalue weighted by atomic mass is 15.2. The maximum absolute atomic E-state index is 3.85. The number of rotatable bonds is 9. The minimum absolute atomic E-state index is 0.551. The molecule has 2 saturated carbocycles. The van der Waals surface area contributed by atoms with Crippen LogP contribution >= 0.6 is 0 Å². The van der Waals surface area contributed by atoms with Crippen LogP contribution in [-0.4, -0.2) is 36.6 Å². The van der Waals surface area contributed by atoms with Crippen LogP contribution in [0, 0.1) is 11.3 Å². The first-order valence-corrected chi connectivity index (χ1v) is 9.53. The predicted molar refractivity (Wildman–Crippen MR) is 92.7 cm³/mol. The average molecular weight is 295 g/mol. The highest BCUT2D eigenvalue weighted by Gasteiger charge is 2.37. The summed E-state index contributed by atoms with van der Waals surface area (Å²) < 4.78 is 0. The summed E-state index contributed by atoms with van der Waals surface area (Å²) in [6, 6.07) is 1.69. The van der Waals surface area contributed by atoms with Crippen LogP contribution < -0.4 is 5.32 Å². The quantitative estimate of drug-likeness (QED) is 0.676. The summed E-state index contributed by atoms with van der Waals surface area (Å²) in [5.41, 5.74) is 0.551. The van der Waals surface area contributed by atoms with Crippen molar-refractivity contribution >= 4 is 0 Å². The largest absolute Gasteiger partial charge is 0.314 e. The Morgan fingerprint density at radius 2 is 1.86 bits per heavy atom. The maximum atomic E-state index is 3.85. The Bertz CT molecular complexity index is 296. The fourth-order valence-corrected chi connectivity index (χ4v) is 4.05. The van der Waals surface area contributed by atoms with E-state index in [2.05, 4.69) is 37.9 Å². The lowest BCUT2D eigenvalue weighted by Crippen LogP contribution is -2.48. The second-order valence-electron chi connectivity index (χ2n) is 8.31. The van der Waals surface area contributed by atoms with Crippen LogP contribution in [0.15, 0.2) is 0 Å². The summed E-state index contributed by atoms with van der Waals surface area (Å²) in [5.74, 6) is 0.859. The van der Waals surface area contributed by atoms with Crippen molar-refractivity contribution in [3.8, 4) is 0 Å². The monoisotopic (exact) mass is 294 g/mol. The Labute approximate surface area is 133 Å². The van der Waals surface area contributed by atoms with E-state index < -0.39 is 0 Å². The zero-order valence-corrected chi connectivity index (χ0v) is 15.0. The van der Waals surface area contributed by atoms with Gasteiger partial charge in [-0.05, 0) is 69.4 Å². The second-order valence-corrected chi connectivity index (χ2v) is 8.31. The van der Waals surface area contributed by atoms with Crippen molar-refractivity contribution in [2.75, 3.05) is 19.6 Å². The third-order valence-corrected chi connectivity index (χ3v) is 5.50. The predicted octanol–water partition coefficient (Wildman–Crippen LogP) is 4.45. The van der Waals surface area contributed by atoms with Gasteiger partial charge in [-0.15, -0.1) is 0 Å². The molecule has 1 N–H and O–H groups in total. The van der Waals surface area contributed by atoms with Gasteiger partial charge < -0.3 is 10.2 Å². The van der Waals surface area contributed by atoms with E-state index in [4.69, 9.17) is 0 Å². The fourth-order valence-electron chi connectivity index (χ4n) is 4.05. The van der Waals surface area contributed by atoms with E-state index in [0.717, 1.165) is 18.0 Å². The molecule has 0 heterocycles. The molecule has 0 aromatic carbocycles. The molecule has 0 saturated heterocycles. The van der Waals surface area contributed by atoms with Crippen LogP contribution in [0.1, 0.15) is 79.1 Å². The van der Waals surface area contributed by atoms with Crippen LogP contribution in [0.5, 0.6) is 0 Å². The highest BCUT2D eigenvalue weighted by molar-refractivity contribution is 4.93. The second kappa shape index (κ2) is 7.97. The van der Waals surface area contributed by atoms with Gasteiger partial charge >= 0.3 is 0 Å². The summed E-state index contributed by atoms with van der Waals surface area (Å²) in [6.07, 6.45) is 11.0. The van der Waals surface area contributed by atoms with Gasteiger partial charge in [-0.2, -0.15) is 0 Å². The van der Waals surface area contributed by atoms with E-state index in [1.807, 2.05) is 0 Å². The Balaban J connectivity index is 1.93. The van der Waals surface area contributed by atoms with Gasteiger partial charge in [-0.3, -0.25) is 0 Å². The van der Waals surface area contributed by atoms with E-state index in [1.54, 1.807) is 0 Å². The fraction of sp³-hybridized carbons (Fsp3) is 1.00. The number of hydrogen-bond acceptors (Lipinski definition) is 2. The van der Waals surface area contributed by atoms with Gasteiger partial charge in [-0.1, -0.05) is 34.1 Å². The molecule has 2 fully saturated rings. The molecular formula is C19H38N2. The molecular weight excluding hydrogens is 256 g/mol. The lowest BCUT2D eigenvalue weighted by Gasteiger charge is -2.43. The van der Waals surface area contributed by atoms with Crippen molar-refractivity contribution in [2.24, 2.45) is 11.3 Å². The standard InChI is InChI=1S/C19H38N2/c1-5-7-13-21(17-8-9-17)15-16-14-19(3,4)11-10-18(16)20-12-6-2/h16-18,20H,5-15H2,1-4H3. The zero-order chi connectivity index (χ0) is 15.3. The van der Waals surface area contributed by atoms with Crippen molar-refractivity contribution in [1.29, 1.82) is 0 Å². The minimum atomic E-state index is 0.551. The number of hydrogen-bond donors (Lipinski definition) is 1. The topological polar surface area (TPSA) is 15.3 Å². The average Bonchev–Trinajstić information content (AvgIpc) is 3.26. The maximum Gasteiger partial charge on any atom is 0.0108 e. The van der Waals surface area contributed by atoms with Crippen LogP contribution in [0.2, 0.25) is 0 Å². The number of nitrogens with zero attached hydrogens (tertiary/aromatic N) is 1. The summed E-state index contributed by atoms with van der Waals surface area (Å²) in [4.78, 5) is 2.83. The van der Waals surface area contributed by atoms with Gasteiger partial charge in [0.2, 0.25) is 0 Å². The molecule has 2 aliphatic rings. The normalized spacial score (nSPS) is 29.0.